The summed E-state index contributed by atoms with van der Waals surface area (Å²) in [6, 6.07) is 0.296. The third-order valence-corrected chi connectivity index (χ3v) is 2.35. The maximum atomic E-state index is 11.4. The molecule has 0 aliphatic heterocycles. The van der Waals surface area contributed by atoms with Gasteiger partial charge in [0.05, 0.1) is 19.9 Å². The highest BCUT2D eigenvalue weighted by atomic mass is 16.5. The minimum absolute atomic E-state index is 0.296. The summed E-state index contributed by atoms with van der Waals surface area (Å²) < 4.78 is 9.60. The molecule has 0 aromatic carbocycles. The predicted molar refractivity (Wildman–Crippen MR) is 51.9 cm³/mol. The van der Waals surface area contributed by atoms with Gasteiger partial charge in [-0.2, -0.15) is 4.98 Å². The van der Waals surface area contributed by atoms with Crippen molar-refractivity contribution in [3.8, 4) is 6.01 Å². The van der Waals surface area contributed by atoms with Crippen LogP contribution in [0.15, 0.2) is 6.20 Å². The van der Waals surface area contributed by atoms with E-state index >= 15 is 0 Å². The maximum Gasteiger partial charge on any atom is 0.341 e. The van der Waals surface area contributed by atoms with E-state index in [0.717, 1.165) is 18.5 Å². The molecule has 1 aromatic rings. The van der Waals surface area contributed by atoms with Crippen LogP contribution in [0.5, 0.6) is 6.01 Å². The highest BCUT2D eigenvalue weighted by Crippen LogP contribution is 2.40. The fourth-order valence-electron chi connectivity index (χ4n) is 1.41. The lowest BCUT2D eigenvalue weighted by molar-refractivity contribution is 0.0598. The molecule has 0 atom stereocenters. The molecule has 0 amide bonds. The zero-order valence-corrected chi connectivity index (χ0v) is 8.69. The van der Waals surface area contributed by atoms with Gasteiger partial charge in [-0.3, -0.25) is 0 Å². The van der Waals surface area contributed by atoms with Gasteiger partial charge in [0.1, 0.15) is 5.56 Å². The number of hydrogen-bond donors (Lipinski definition) is 0. The lowest BCUT2D eigenvalue weighted by Gasteiger charge is -2.06. The van der Waals surface area contributed by atoms with Crippen LogP contribution in [0.25, 0.3) is 0 Å². The van der Waals surface area contributed by atoms with Crippen LogP contribution in [-0.2, 0) is 4.74 Å². The Morgan fingerprint density at radius 3 is 2.73 bits per heavy atom. The highest BCUT2D eigenvalue weighted by Gasteiger charge is 2.30. The molecular formula is C10H12N2O3. The summed E-state index contributed by atoms with van der Waals surface area (Å²) in [5.74, 6) is -0.0319. The number of nitrogens with zero attached hydrogens (tertiary/aromatic N) is 2. The molecule has 80 valence electrons. The summed E-state index contributed by atoms with van der Waals surface area (Å²) in [5.41, 5.74) is 1.19. The Kier molecular flexibility index (Phi) is 2.53. The standard InChI is InChI=1S/C10H12N2O3/c1-14-9(13)7-5-11-10(15-2)12-8(7)6-3-4-6/h5-6H,3-4H2,1-2H3. The van der Waals surface area contributed by atoms with E-state index in [9.17, 15) is 4.79 Å². The van der Waals surface area contributed by atoms with Crippen molar-refractivity contribution in [1.29, 1.82) is 0 Å². The van der Waals surface area contributed by atoms with Gasteiger partial charge in [-0.05, 0) is 12.8 Å². The predicted octanol–water partition coefficient (Wildman–Crippen LogP) is 1.15. The normalized spacial score (nSPS) is 14.8. The van der Waals surface area contributed by atoms with E-state index in [1.165, 1.54) is 20.4 Å². The van der Waals surface area contributed by atoms with Crippen molar-refractivity contribution in [2.24, 2.45) is 0 Å². The molecule has 0 bridgehead atoms. The molecule has 1 aliphatic carbocycles. The van der Waals surface area contributed by atoms with Crippen molar-refractivity contribution >= 4 is 5.97 Å². The Labute approximate surface area is 87.4 Å². The first kappa shape index (κ1) is 9.89. The van der Waals surface area contributed by atoms with Crippen molar-refractivity contribution in [2.45, 2.75) is 18.8 Å². The quantitative estimate of drug-likeness (QED) is 0.697. The highest BCUT2D eigenvalue weighted by molar-refractivity contribution is 5.90. The fourth-order valence-corrected chi connectivity index (χ4v) is 1.41. The topological polar surface area (TPSA) is 61.3 Å². The number of rotatable bonds is 3. The number of methoxy groups -OCH3 is 2. The van der Waals surface area contributed by atoms with Crippen molar-refractivity contribution in [1.82, 2.24) is 9.97 Å². The van der Waals surface area contributed by atoms with Gasteiger partial charge in [0.2, 0.25) is 0 Å². The molecule has 0 radical (unpaired) electrons. The number of carbonyl (C=O) groups excluding carboxylic acids is 1. The first-order chi connectivity index (χ1) is 7.26. The summed E-state index contributed by atoms with van der Waals surface area (Å²) in [6.07, 6.45) is 3.58. The largest absolute Gasteiger partial charge is 0.467 e. The molecule has 1 aromatic heterocycles. The molecule has 0 saturated heterocycles. The monoisotopic (exact) mass is 208 g/mol. The van der Waals surface area contributed by atoms with E-state index in [1.807, 2.05) is 0 Å². The van der Waals surface area contributed by atoms with Crippen LogP contribution in [0.4, 0.5) is 0 Å². The second-order valence-electron chi connectivity index (χ2n) is 3.42. The summed E-state index contributed by atoms with van der Waals surface area (Å²) >= 11 is 0. The Morgan fingerprint density at radius 2 is 2.20 bits per heavy atom. The molecule has 1 aliphatic rings. The van der Waals surface area contributed by atoms with Gasteiger partial charge in [-0.25, -0.2) is 9.78 Å². The molecule has 0 spiro atoms. The second-order valence-corrected chi connectivity index (χ2v) is 3.42. The SMILES string of the molecule is COC(=O)c1cnc(OC)nc1C1CC1. The Balaban J connectivity index is 2.39. The summed E-state index contributed by atoms with van der Waals surface area (Å²) in [6.45, 7) is 0. The molecule has 0 N–H and O–H groups in total. The van der Waals surface area contributed by atoms with Crippen LogP contribution in [0.3, 0.4) is 0 Å². The van der Waals surface area contributed by atoms with E-state index in [1.54, 1.807) is 0 Å². The molecule has 5 nitrogen and oxygen atoms in total. The zero-order chi connectivity index (χ0) is 10.8. The van der Waals surface area contributed by atoms with Crippen molar-refractivity contribution in [3.63, 3.8) is 0 Å². The molecule has 0 unspecified atom stereocenters. The summed E-state index contributed by atoms with van der Waals surface area (Å²) in [5, 5.41) is 0. The molecule has 1 heterocycles. The van der Waals surface area contributed by atoms with Crippen LogP contribution in [0, 0.1) is 0 Å². The van der Waals surface area contributed by atoms with Gasteiger partial charge in [0.25, 0.3) is 0 Å². The summed E-state index contributed by atoms with van der Waals surface area (Å²) in [7, 11) is 2.85. The van der Waals surface area contributed by atoms with E-state index in [-0.39, 0.29) is 5.97 Å². The average molecular weight is 208 g/mol. The van der Waals surface area contributed by atoms with Gasteiger partial charge in [-0.1, -0.05) is 0 Å². The van der Waals surface area contributed by atoms with E-state index in [0.29, 0.717) is 17.5 Å². The van der Waals surface area contributed by atoms with Crippen LogP contribution in [-0.4, -0.2) is 30.2 Å². The van der Waals surface area contributed by atoms with Crippen LogP contribution in [0.2, 0.25) is 0 Å². The van der Waals surface area contributed by atoms with E-state index in [4.69, 9.17) is 4.74 Å². The second kappa shape index (κ2) is 3.84. The number of esters is 1. The van der Waals surface area contributed by atoms with Crippen molar-refractivity contribution < 1.29 is 14.3 Å². The lowest BCUT2D eigenvalue weighted by atomic mass is 10.1. The van der Waals surface area contributed by atoms with Crippen molar-refractivity contribution in [3.05, 3.63) is 17.5 Å². The average Bonchev–Trinajstić information content (AvgIpc) is 3.11. The minimum atomic E-state index is -0.389. The number of hydrogen-bond acceptors (Lipinski definition) is 5. The van der Waals surface area contributed by atoms with Crippen LogP contribution < -0.4 is 4.74 Å². The molecule has 1 fully saturated rings. The maximum absolute atomic E-state index is 11.4. The zero-order valence-electron chi connectivity index (χ0n) is 8.69. The Hall–Kier alpha value is -1.65. The summed E-state index contributed by atoms with van der Waals surface area (Å²) in [4.78, 5) is 19.5. The lowest BCUT2D eigenvalue weighted by Crippen LogP contribution is -2.09. The van der Waals surface area contributed by atoms with E-state index < -0.39 is 0 Å². The third kappa shape index (κ3) is 1.91. The van der Waals surface area contributed by atoms with Gasteiger partial charge >= 0.3 is 12.0 Å². The fraction of sp³-hybridized carbons (Fsp3) is 0.500. The molecule has 5 heteroatoms. The molecular weight excluding hydrogens is 196 g/mol. The molecule has 1 saturated carbocycles. The first-order valence-electron chi connectivity index (χ1n) is 4.75. The van der Waals surface area contributed by atoms with Crippen molar-refractivity contribution in [2.75, 3.05) is 14.2 Å². The Bertz CT molecular complexity index is 388. The number of aromatic nitrogens is 2. The molecule has 2 rings (SSSR count). The minimum Gasteiger partial charge on any atom is -0.467 e. The van der Waals surface area contributed by atoms with Gasteiger partial charge in [0, 0.05) is 12.1 Å². The third-order valence-electron chi connectivity index (χ3n) is 2.35. The van der Waals surface area contributed by atoms with E-state index in [2.05, 4.69) is 14.7 Å². The molecule has 15 heavy (non-hydrogen) atoms. The Morgan fingerprint density at radius 1 is 1.47 bits per heavy atom. The first-order valence-corrected chi connectivity index (χ1v) is 4.75. The van der Waals surface area contributed by atoms with Crippen LogP contribution >= 0.6 is 0 Å². The van der Waals surface area contributed by atoms with Gasteiger partial charge in [0.15, 0.2) is 0 Å². The van der Waals surface area contributed by atoms with Gasteiger partial charge < -0.3 is 9.47 Å². The van der Waals surface area contributed by atoms with Crippen LogP contribution in [0.1, 0.15) is 34.8 Å². The number of carbonyl (C=O) groups is 1. The number of ether oxygens (including phenoxy) is 2. The smallest absolute Gasteiger partial charge is 0.341 e. The van der Waals surface area contributed by atoms with Gasteiger partial charge in [-0.15, -0.1) is 0 Å².